The van der Waals surface area contributed by atoms with Crippen molar-refractivity contribution in [2.45, 2.75) is 19.9 Å². The minimum Gasteiger partial charge on any atom is -0.494 e. The van der Waals surface area contributed by atoms with Gasteiger partial charge in [-0.25, -0.2) is 0 Å². The van der Waals surface area contributed by atoms with E-state index in [2.05, 4.69) is 20.2 Å². The van der Waals surface area contributed by atoms with Gasteiger partial charge in [-0.05, 0) is 29.0 Å². The zero-order chi connectivity index (χ0) is 19.6. The lowest BCUT2D eigenvalue weighted by molar-refractivity contribution is -0.576. The Bertz CT molecular complexity index is 1100. The number of aromatic hydroxyl groups is 1. The lowest BCUT2D eigenvalue weighted by Gasteiger charge is -2.00. The molecular formula is C17H16N5O4S+. The standard InChI is InChI=1S/C17H15N5O4S/c1-9(2)22-12(8-11-14(24)19-17(27)20-15(11)25)16(26-21-22)18-13(23)10-6-4-3-5-7-10/h3-9H,1-2H3,(H2-,18,19,20,21,23,24,25,27)/p+1. The second kappa shape index (κ2) is 7.46. The largest absolute Gasteiger partial charge is 0.494 e. The smallest absolute Gasteiger partial charge is 0.332 e. The number of aromatic amines is 2. The fourth-order valence-corrected chi connectivity index (χ4v) is 2.53. The molecular weight excluding hydrogens is 370 g/mol. The molecule has 0 radical (unpaired) electrons. The fourth-order valence-electron chi connectivity index (χ4n) is 2.34. The van der Waals surface area contributed by atoms with E-state index in [0.717, 1.165) is 0 Å². The molecule has 3 N–H and O–H groups in total. The third-order valence-corrected chi connectivity index (χ3v) is 3.84. The summed E-state index contributed by atoms with van der Waals surface area (Å²) < 4.78 is 1.43. The van der Waals surface area contributed by atoms with Crippen molar-refractivity contribution in [1.29, 1.82) is 0 Å². The average molecular weight is 386 g/mol. The summed E-state index contributed by atoms with van der Waals surface area (Å²) >= 11 is 4.81. The molecule has 1 aliphatic heterocycles. The van der Waals surface area contributed by atoms with Gasteiger partial charge in [0.15, 0.2) is 10.8 Å². The first-order valence-corrected chi connectivity index (χ1v) is 8.40. The van der Waals surface area contributed by atoms with Crippen molar-refractivity contribution in [3.63, 3.8) is 0 Å². The van der Waals surface area contributed by atoms with Gasteiger partial charge < -0.3 is 10.1 Å². The number of amides is 1. The van der Waals surface area contributed by atoms with Gasteiger partial charge in [-0.1, -0.05) is 18.2 Å². The van der Waals surface area contributed by atoms with E-state index in [-0.39, 0.29) is 28.0 Å². The molecule has 0 aliphatic carbocycles. The molecule has 0 bridgehead atoms. The number of rotatable bonds is 3. The number of nitrogens with zero attached hydrogens (tertiary/aromatic N) is 3. The Balaban J connectivity index is 2.09. The quantitative estimate of drug-likeness (QED) is 0.552. The van der Waals surface area contributed by atoms with Crippen LogP contribution in [0.1, 0.15) is 29.8 Å². The summed E-state index contributed by atoms with van der Waals surface area (Å²) in [6.45, 7) is 3.68. The predicted octanol–water partition coefficient (Wildman–Crippen LogP) is 2.54. The lowest BCUT2D eigenvalue weighted by Crippen LogP contribution is -2.20. The molecule has 1 amide bonds. The van der Waals surface area contributed by atoms with Gasteiger partial charge in [0.1, 0.15) is 5.56 Å². The van der Waals surface area contributed by atoms with E-state index in [0.29, 0.717) is 5.56 Å². The third kappa shape index (κ3) is 3.90. The molecule has 3 rings (SSSR count). The van der Waals surface area contributed by atoms with Crippen LogP contribution in [0, 0.1) is 4.77 Å². The van der Waals surface area contributed by atoms with Crippen molar-refractivity contribution < 1.29 is 19.4 Å². The Kier molecular flexibility index (Phi) is 5.08. The van der Waals surface area contributed by atoms with Crippen LogP contribution in [0.2, 0.25) is 0 Å². The summed E-state index contributed by atoms with van der Waals surface area (Å²) in [7, 11) is 0. The van der Waals surface area contributed by atoms with Crippen molar-refractivity contribution in [3.8, 4) is 5.88 Å². The van der Waals surface area contributed by atoms with E-state index in [1.54, 1.807) is 30.3 Å². The summed E-state index contributed by atoms with van der Waals surface area (Å²) in [4.78, 5) is 38.5. The molecule has 0 unspecified atom stereocenters. The van der Waals surface area contributed by atoms with Crippen LogP contribution in [0.4, 0.5) is 0 Å². The first kappa shape index (κ1) is 18.4. The van der Waals surface area contributed by atoms with Gasteiger partial charge in [-0.15, -0.1) is 0 Å². The zero-order valence-corrected chi connectivity index (χ0v) is 15.3. The number of benzene rings is 1. The number of hydrogen-bond acceptors (Lipinski definition) is 6. The Hall–Kier alpha value is -3.40. The van der Waals surface area contributed by atoms with Crippen LogP contribution in [0.3, 0.4) is 0 Å². The van der Waals surface area contributed by atoms with Gasteiger partial charge in [0.2, 0.25) is 11.2 Å². The zero-order valence-electron chi connectivity index (χ0n) is 14.5. The van der Waals surface area contributed by atoms with Gasteiger partial charge in [-0.2, -0.15) is 4.99 Å². The highest BCUT2D eigenvalue weighted by Crippen LogP contribution is 2.21. The molecule has 2 heterocycles. The Labute approximate surface area is 158 Å². The molecule has 2 aromatic rings. The molecule has 0 spiro atoms. The fraction of sp³-hybridized carbons (Fsp3) is 0.176. The molecule has 0 saturated heterocycles. The Morgan fingerprint density at radius 1 is 1.33 bits per heavy atom. The first-order valence-electron chi connectivity index (χ1n) is 7.99. The van der Waals surface area contributed by atoms with Crippen LogP contribution in [0.25, 0.3) is 6.08 Å². The van der Waals surface area contributed by atoms with Crippen LogP contribution in [0.5, 0.6) is 5.88 Å². The van der Waals surface area contributed by atoms with Crippen LogP contribution in [0.15, 0.2) is 51.1 Å². The average Bonchev–Trinajstić information content (AvgIpc) is 3.01. The summed E-state index contributed by atoms with van der Waals surface area (Å²) in [6, 6.07) is 8.30. The van der Waals surface area contributed by atoms with E-state index >= 15 is 0 Å². The molecule has 1 aliphatic rings. The highest BCUT2D eigenvalue weighted by molar-refractivity contribution is 7.71. The molecule has 0 fully saturated rings. The van der Waals surface area contributed by atoms with Gasteiger partial charge >= 0.3 is 11.6 Å². The molecule has 27 heavy (non-hydrogen) atoms. The molecule has 1 aromatic carbocycles. The number of nitrogens with one attached hydrogen (secondary N) is 2. The maximum Gasteiger partial charge on any atom is 0.332 e. The van der Waals surface area contributed by atoms with E-state index in [9.17, 15) is 14.7 Å². The number of aliphatic imine (C=N–C) groups is 1. The van der Waals surface area contributed by atoms with Gasteiger partial charge in [0, 0.05) is 25.5 Å². The van der Waals surface area contributed by atoms with Crippen molar-refractivity contribution in [2.24, 2.45) is 10.3 Å². The minimum atomic E-state index is -0.604. The number of hydrogen-bond donors (Lipinski definition) is 3. The van der Waals surface area contributed by atoms with Gasteiger partial charge in [0.05, 0.1) is 0 Å². The van der Waals surface area contributed by atoms with Crippen LogP contribution >= 0.6 is 12.2 Å². The Morgan fingerprint density at radius 3 is 2.67 bits per heavy atom. The summed E-state index contributed by atoms with van der Waals surface area (Å²) in [5, 5.41) is 13.9. The van der Waals surface area contributed by atoms with Crippen LogP contribution in [-0.4, -0.2) is 37.6 Å². The molecule has 9 nitrogen and oxygen atoms in total. The van der Waals surface area contributed by atoms with Crippen molar-refractivity contribution in [2.75, 3.05) is 0 Å². The molecule has 10 heteroatoms. The summed E-state index contributed by atoms with van der Waals surface area (Å²) in [5.41, 5.74) is -0.0704. The monoisotopic (exact) mass is 386 g/mol. The highest BCUT2D eigenvalue weighted by atomic mass is 32.1. The summed E-state index contributed by atoms with van der Waals surface area (Å²) in [6.07, 6.45) is 1.33. The van der Waals surface area contributed by atoms with E-state index in [1.165, 1.54) is 10.8 Å². The van der Waals surface area contributed by atoms with E-state index < -0.39 is 17.3 Å². The van der Waals surface area contributed by atoms with Crippen LogP contribution < -0.4 is 5.56 Å². The maximum absolute atomic E-state index is 12.4. The number of H-pyrrole nitrogens is 2. The van der Waals surface area contributed by atoms with E-state index in [4.69, 9.17) is 17.1 Å². The second-order valence-electron chi connectivity index (χ2n) is 5.90. The molecule has 1 aromatic heterocycles. The SMILES string of the molecule is CC(C)[N+]1=NOC(=NC(=O)c2ccccc2)/C1=C\c1c(O)[nH]c(=S)[nH]c1=O. The van der Waals surface area contributed by atoms with Gasteiger partial charge in [-0.3, -0.25) is 19.4 Å². The Morgan fingerprint density at radius 2 is 2.04 bits per heavy atom. The highest BCUT2D eigenvalue weighted by Gasteiger charge is 2.36. The third-order valence-electron chi connectivity index (χ3n) is 3.63. The number of carbonyl (C=O) groups excluding carboxylic acids is 1. The van der Waals surface area contributed by atoms with E-state index in [1.807, 2.05) is 13.8 Å². The van der Waals surface area contributed by atoms with Crippen molar-refractivity contribution in [1.82, 2.24) is 9.97 Å². The lowest BCUT2D eigenvalue weighted by atomic mass is 10.2. The normalized spacial score (nSPS) is 16.6. The summed E-state index contributed by atoms with van der Waals surface area (Å²) in [5.74, 6) is -1.03. The van der Waals surface area contributed by atoms with Crippen LogP contribution in [-0.2, 0) is 4.84 Å². The maximum atomic E-state index is 12.4. The minimum absolute atomic E-state index is 0.0131. The first-order chi connectivity index (χ1) is 12.9. The van der Waals surface area contributed by atoms with Crippen molar-refractivity contribution >= 4 is 30.1 Å². The van der Waals surface area contributed by atoms with Gasteiger partial charge in [0.25, 0.3) is 11.5 Å². The molecule has 0 atom stereocenters. The number of aromatic nitrogens is 2. The predicted molar refractivity (Wildman–Crippen MR) is 99.0 cm³/mol. The topological polar surface area (TPSA) is 123 Å². The molecule has 138 valence electrons. The van der Waals surface area contributed by atoms with Crippen molar-refractivity contribution in [3.05, 3.63) is 62.3 Å². The second-order valence-corrected chi connectivity index (χ2v) is 6.31. The number of carbonyl (C=O) groups is 1. The molecule has 0 saturated carbocycles.